The molecule has 0 saturated heterocycles. The molecule has 1 aliphatic rings. The Labute approximate surface area is 165 Å². The number of H-pyrrole nitrogens is 1. The number of nitrogens with zero attached hydrogens (tertiary/aromatic N) is 1. The molecule has 1 aromatic carbocycles. The van der Waals surface area contributed by atoms with Crippen molar-refractivity contribution in [3.05, 3.63) is 76.7 Å². The van der Waals surface area contributed by atoms with Gasteiger partial charge in [0.15, 0.2) is 5.78 Å². The molecule has 0 radical (unpaired) electrons. The Hall–Kier alpha value is -2.72. The van der Waals surface area contributed by atoms with Gasteiger partial charge in [-0.1, -0.05) is 38.1 Å². The number of hydrogen-bond acceptors (Lipinski definition) is 3. The maximum absolute atomic E-state index is 13.1. The second-order valence-electron chi connectivity index (χ2n) is 8.43. The number of ketones is 1. The number of fused-ring (bicyclic) bond motifs is 1. The quantitative estimate of drug-likeness (QED) is 0.697. The van der Waals surface area contributed by atoms with Gasteiger partial charge in [0.05, 0.1) is 5.69 Å². The molecule has 0 atom stereocenters. The van der Waals surface area contributed by atoms with Gasteiger partial charge in [0.25, 0.3) is 0 Å². The van der Waals surface area contributed by atoms with Crippen LogP contribution in [0.5, 0.6) is 0 Å². The summed E-state index contributed by atoms with van der Waals surface area (Å²) < 4.78 is 0. The third-order valence-corrected chi connectivity index (χ3v) is 5.59. The zero-order valence-electron chi connectivity index (χ0n) is 16.5. The van der Waals surface area contributed by atoms with Crippen LogP contribution in [0.15, 0.2) is 48.8 Å². The van der Waals surface area contributed by atoms with Crippen LogP contribution < -0.4 is 0 Å². The Balaban J connectivity index is 1.86. The largest absolute Gasteiger partial charge is 0.396 e. The smallest absolute Gasteiger partial charge is 0.165 e. The van der Waals surface area contributed by atoms with Crippen LogP contribution >= 0.6 is 0 Å². The monoisotopic (exact) mass is 374 g/mol. The number of carbonyl (C=O) groups excluding carboxylic acids is 1. The molecule has 4 rings (SSSR count). The molecular weight excluding hydrogens is 348 g/mol. The number of pyridine rings is 1. The second kappa shape index (κ2) is 7.36. The number of aliphatic hydroxyl groups is 1. The summed E-state index contributed by atoms with van der Waals surface area (Å²) in [5, 5.41) is 9.43. The van der Waals surface area contributed by atoms with Crippen molar-refractivity contribution in [3.8, 4) is 11.3 Å². The van der Waals surface area contributed by atoms with Crippen LogP contribution in [0.2, 0.25) is 0 Å². The summed E-state index contributed by atoms with van der Waals surface area (Å²) in [6.07, 6.45) is 6.29. The zero-order valence-corrected chi connectivity index (χ0v) is 16.5. The first kappa shape index (κ1) is 18.6. The molecule has 0 amide bonds. The molecule has 2 N–H and O–H groups in total. The van der Waals surface area contributed by atoms with Gasteiger partial charge in [-0.25, -0.2) is 0 Å². The molecule has 0 saturated carbocycles. The van der Waals surface area contributed by atoms with E-state index < -0.39 is 0 Å². The van der Waals surface area contributed by atoms with Crippen LogP contribution in [-0.2, 0) is 19.3 Å². The number of Topliss-reactive ketones (excluding diaryl/α,β-unsaturated/α-hetero) is 1. The van der Waals surface area contributed by atoms with Crippen molar-refractivity contribution in [3.63, 3.8) is 0 Å². The predicted molar refractivity (Wildman–Crippen MR) is 110 cm³/mol. The van der Waals surface area contributed by atoms with E-state index in [9.17, 15) is 9.90 Å². The van der Waals surface area contributed by atoms with Gasteiger partial charge in [-0.3, -0.25) is 9.78 Å². The van der Waals surface area contributed by atoms with Crippen LogP contribution in [0.3, 0.4) is 0 Å². The van der Waals surface area contributed by atoms with E-state index in [4.69, 9.17) is 0 Å². The van der Waals surface area contributed by atoms with Gasteiger partial charge in [0, 0.05) is 48.7 Å². The Morgan fingerprint density at radius 2 is 1.79 bits per heavy atom. The third kappa shape index (κ3) is 3.52. The fourth-order valence-electron chi connectivity index (χ4n) is 4.36. The average molecular weight is 374 g/mol. The summed E-state index contributed by atoms with van der Waals surface area (Å²) in [7, 11) is 0. The molecule has 2 heterocycles. The van der Waals surface area contributed by atoms with Crippen molar-refractivity contribution in [1.29, 1.82) is 0 Å². The van der Waals surface area contributed by atoms with Gasteiger partial charge in [0.1, 0.15) is 0 Å². The first-order valence-corrected chi connectivity index (χ1v) is 9.83. The summed E-state index contributed by atoms with van der Waals surface area (Å²) in [6, 6.07) is 12.1. The predicted octanol–water partition coefficient (Wildman–Crippen LogP) is 4.36. The first-order chi connectivity index (χ1) is 13.5. The summed E-state index contributed by atoms with van der Waals surface area (Å²) in [4.78, 5) is 20.8. The minimum absolute atomic E-state index is 0.0312. The molecule has 144 valence electrons. The number of benzene rings is 1. The number of carbonyl (C=O) groups is 1. The lowest BCUT2D eigenvalue weighted by Crippen LogP contribution is -2.27. The molecule has 0 aliphatic heterocycles. The molecule has 2 aromatic heterocycles. The second-order valence-corrected chi connectivity index (χ2v) is 8.43. The van der Waals surface area contributed by atoms with E-state index >= 15 is 0 Å². The van der Waals surface area contributed by atoms with Crippen molar-refractivity contribution in [1.82, 2.24) is 9.97 Å². The number of aromatic amines is 1. The molecule has 0 unspecified atom stereocenters. The number of rotatable bonds is 5. The fraction of sp³-hybridized carbons (Fsp3) is 0.333. The van der Waals surface area contributed by atoms with E-state index in [2.05, 4.69) is 35.9 Å². The highest BCUT2D eigenvalue weighted by Crippen LogP contribution is 2.40. The molecule has 4 heteroatoms. The normalized spacial score (nSPS) is 15.5. The van der Waals surface area contributed by atoms with Gasteiger partial charge in [-0.05, 0) is 47.1 Å². The van der Waals surface area contributed by atoms with E-state index in [1.807, 2.05) is 24.3 Å². The van der Waals surface area contributed by atoms with Crippen molar-refractivity contribution in [2.45, 2.75) is 39.5 Å². The van der Waals surface area contributed by atoms with E-state index in [0.29, 0.717) is 19.3 Å². The third-order valence-electron chi connectivity index (χ3n) is 5.59. The van der Waals surface area contributed by atoms with Crippen molar-refractivity contribution >= 4 is 5.78 Å². The van der Waals surface area contributed by atoms with E-state index in [1.54, 1.807) is 12.4 Å². The summed E-state index contributed by atoms with van der Waals surface area (Å²) in [6.45, 7) is 4.42. The molecule has 3 aromatic rings. The summed E-state index contributed by atoms with van der Waals surface area (Å²) in [5.41, 5.74) is 7.29. The molecule has 0 fully saturated rings. The standard InChI is InChI=1S/C24H26N2O2/c1-24(2)14-20-22(21(28)15-24)19(23(26-20)17-7-10-25-11-8-17)13-18-6-4-3-5-16(18)9-12-27/h3-8,10-11,26-27H,9,12-15H2,1-2H3. The van der Waals surface area contributed by atoms with Crippen LogP contribution in [0.4, 0.5) is 0 Å². The number of aromatic nitrogens is 2. The highest BCUT2D eigenvalue weighted by Gasteiger charge is 2.35. The van der Waals surface area contributed by atoms with Crippen molar-refractivity contribution < 1.29 is 9.90 Å². The van der Waals surface area contributed by atoms with Crippen molar-refractivity contribution in [2.24, 2.45) is 5.41 Å². The van der Waals surface area contributed by atoms with Crippen LogP contribution in [0.25, 0.3) is 11.3 Å². The van der Waals surface area contributed by atoms with Gasteiger partial charge < -0.3 is 10.1 Å². The van der Waals surface area contributed by atoms with Gasteiger partial charge in [0.2, 0.25) is 0 Å². The van der Waals surface area contributed by atoms with E-state index in [-0.39, 0.29) is 17.8 Å². The lowest BCUT2D eigenvalue weighted by molar-refractivity contribution is 0.0911. The van der Waals surface area contributed by atoms with E-state index in [0.717, 1.165) is 45.6 Å². The Bertz CT molecular complexity index is 1000. The maximum atomic E-state index is 13.1. The summed E-state index contributed by atoms with van der Waals surface area (Å²) in [5.74, 6) is 0.220. The van der Waals surface area contributed by atoms with Crippen LogP contribution in [-0.4, -0.2) is 27.5 Å². The Morgan fingerprint density at radius 3 is 2.50 bits per heavy atom. The van der Waals surface area contributed by atoms with Crippen LogP contribution in [0, 0.1) is 5.41 Å². The molecule has 0 bridgehead atoms. The van der Waals surface area contributed by atoms with Gasteiger partial charge >= 0.3 is 0 Å². The molecular formula is C24H26N2O2. The molecule has 1 aliphatic carbocycles. The number of aliphatic hydroxyl groups excluding tert-OH is 1. The SMILES string of the molecule is CC1(C)CC(=O)c2c([nH]c(-c3ccncc3)c2Cc2ccccc2CCO)C1. The maximum Gasteiger partial charge on any atom is 0.165 e. The average Bonchev–Trinajstić information content (AvgIpc) is 3.01. The van der Waals surface area contributed by atoms with Gasteiger partial charge in [-0.15, -0.1) is 0 Å². The van der Waals surface area contributed by atoms with Crippen LogP contribution in [0.1, 0.15) is 53.0 Å². The first-order valence-electron chi connectivity index (χ1n) is 9.83. The lowest BCUT2D eigenvalue weighted by atomic mass is 9.75. The highest BCUT2D eigenvalue weighted by molar-refractivity contribution is 6.02. The fourth-order valence-corrected chi connectivity index (χ4v) is 4.36. The number of nitrogens with one attached hydrogen (secondary N) is 1. The minimum atomic E-state index is -0.0312. The minimum Gasteiger partial charge on any atom is -0.396 e. The molecule has 0 spiro atoms. The topological polar surface area (TPSA) is 66.0 Å². The van der Waals surface area contributed by atoms with E-state index in [1.165, 1.54) is 0 Å². The zero-order chi connectivity index (χ0) is 19.7. The van der Waals surface area contributed by atoms with Gasteiger partial charge in [-0.2, -0.15) is 0 Å². The summed E-state index contributed by atoms with van der Waals surface area (Å²) >= 11 is 0. The van der Waals surface area contributed by atoms with Crippen molar-refractivity contribution in [2.75, 3.05) is 6.61 Å². The number of hydrogen-bond donors (Lipinski definition) is 2. The highest BCUT2D eigenvalue weighted by atomic mass is 16.3. The molecule has 28 heavy (non-hydrogen) atoms. The Morgan fingerprint density at radius 1 is 1.07 bits per heavy atom. The Kier molecular flexibility index (Phi) is 4.90. The molecule has 4 nitrogen and oxygen atoms in total. The lowest BCUT2D eigenvalue weighted by Gasteiger charge is -2.28.